The monoisotopic (exact) mass is 405 g/mol. The van der Waals surface area contributed by atoms with Gasteiger partial charge in [0.05, 0.1) is 10.5 Å². The van der Waals surface area contributed by atoms with Crippen LogP contribution in [-0.4, -0.2) is 32.4 Å². The van der Waals surface area contributed by atoms with Crippen molar-refractivity contribution in [2.75, 3.05) is 4.72 Å². The second-order valence-electron chi connectivity index (χ2n) is 5.90. The fourth-order valence-corrected chi connectivity index (χ4v) is 3.17. The van der Waals surface area contributed by atoms with Crippen molar-refractivity contribution in [2.45, 2.75) is 24.8 Å². The molecule has 0 aliphatic heterocycles. The lowest BCUT2D eigenvalue weighted by atomic mass is 10.2. The largest absolute Gasteiger partial charge is 0.449 e. The number of nitrogens with two attached hydrogens (primary N) is 1. The SMILES string of the molecule is Cc1ccc(NS(=O)(=O)c2ccc(C(=O)O[C@@H](C)C(=O)NC(N)=O)cc2)cc1. The summed E-state index contributed by atoms with van der Waals surface area (Å²) in [4.78, 5) is 34.2. The van der Waals surface area contributed by atoms with Gasteiger partial charge in [-0.1, -0.05) is 17.7 Å². The van der Waals surface area contributed by atoms with Crippen LogP contribution >= 0.6 is 0 Å². The maximum atomic E-state index is 12.4. The van der Waals surface area contributed by atoms with Gasteiger partial charge in [-0.2, -0.15) is 0 Å². The first kappa shape index (κ1) is 20.9. The molecule has 0 aliphatic rings. The van der Waals surface area contributed by atoms with Crippen LogP contribution in [0.1, 0.15) is 22.8 Å². The van der Waals surface area contributed by atoms with E-state index in [9.17, 15) is 22.8 Å². The van der Waals surface area contributed by atoms with Crippen molar-refractivity contribution in [2.24, 2.45) is 5.73 Å². The summed E-state index contributed by atoms with van der Waals surface area (Å²) in [6, 6.07) is 10.7. The lowest BCUT2D eigenvalue weighted by Gasteiger charge is -2.12. The average Bonchev–Trinajstić information content (AvgIpc) is 2.63. The van der Waals surface area contributed by atoms with Crippen LogP contribution in [0.3, 0.4) is 0 Å². The number of hydrogen-bond donors (Lipinski definition) is 3. The van der Waals surface area contributed by atoms with Crippen LogP contribution in [0, 0.1) is 6.92 Å². The van der Waals surface area contributed by atoms with E-state index in [-0.39, 0.29) is 10.5 Å². The van der Waals surface area contributed by atoms with E-state index in [2.05, 4.69) is 4.72 Å². The molecular weight excluding hydrogens is 386 g/mol. The molecule has 0 saturated carbocycles. The number of ether oxygens (including phenoxy) is 1. The molecule has 3 amide bonds. The molecule has 0 aromatic heterocycles. The number of urea groups is 1. The van der Waals surface area contributed by atoms with Crippen LogP contribution in [0.5, 0.6) is 0 Å². The zero-order valence-electron chi connectivity index (χ0n) is 15.1. The molecule has 2 aromatic rings. The first-order chi connectivity index (χ1) is 13.1. The number of nitrogens with one attached hydrogen (secondary N) is 2. The number of sulfonamides is 1. The van der Waals surface area contributed by atoms with Gasteiger partial charge in [0, 0.05) is 5.69 Å². The predicted molar refractivity (Wildman–Crippen MR) is 101 cm³/mol. The number of esters is 1. The van der Waals surface area contributed by atoms with Crippen LogP contribution in [-0.2, 0) is 19.6 Å². The van der Waals surface area contributed by atoms with Crippen molar-refractivity contribution in [3.05, 3.63) is 59.7 Å². The van der Waals surface area contributed by atoms with Crippen LogP contribution in [0.2, 0.25) is 0 Å². The van der Waals surface area contributed by atoms with E-state index in [4.69, 9.17) is 10.5 Å². The van der Waals surface area contributed by atoms with Crippen molar-refractivity contribution in [3.8, 4) is 0 Å². The average molecular weight is 405 g/mol. The highest BCUT2D eigenvalue weighted by atomic mass is 32.2. The van der Waals surface area contributed by atoms with Gasteiger partial charge in [-0.3, -0.25) is 14.8 Å². The van der Waals surface area contributed by atoms with Gasteiger partial charge in [-0.15, -0.1) is 0 Å². The lowest BCUT2D eigenvalue weighted by Crippen LogP contribution is -2.42. The van der Waals surface area contributed by atoms with Crippen LogP contribution < -0.4 is 15.8 Å². The molecule has 0 saturated heterocycles. The molecule has 0 unspecified atom stereocenters. The molecule has 1 atom stereocenters. The number of aryl methyl sites for hydroxylation is 1. The number of anilines is 1. The Hall–Kier alpha value is -3.40. The number of carbonyl (C=O) groups excluding carboxylic acids is 3. The van der Waals surface area contributed by atoms with Crippen LogP contribution in [0.15, 0.2) is 53.4 Å². The van der Waals surface area contributed by atoms with Gasteiger partial charge in [-0.25, -0.2) is 18.0 Å². The topological polar surface area (TPSA) is 145 Å². The minimum Gasteiger partial charge on any atom is -0.449 e. The summed E-state index contributed by atoms with van der Waals surface area (Å²) in [5.74, 6) is -1.73. The minimum absolute atomic E-state index is 0.0352. The van der Waals surface area contributed by atoms with Crippen molar-refractivity contribution >= 4 is 33.6 Å². The highest BCUT2D eigenvalue weighted by Crippen LogP contribution is 2.17. The summed E-state index contributed by atoms with van der Waals surface area (Å²) in [5, 5.41) is 1.79. The van der Waals surface area contributed by atoms with Crippen LogP contribution in [0.25, 0.3) is 0 Å². The van der Waals surface area contributed by atoms with Crippen molar-refractivity contribution < 1.29 is 27.5 Å². The van der Waals surface area contributed by atoms with Gasteiger partial charge in [-0.05, 0) is 50.2 Å². The summed E-state index contributed by atoms with van der Waals surface area (Å²) in [7, 11) is -3.84. The van der Waals surface area contributed by atoms with Crippen molar-refractivity contribution in [3.63, 3.8) is 0 Å². The second kappa shape index (κ2) is 8.53. The molecule has 2 rings (SSSR count). The number of hydrogen-bond acceptors (Lipinski definition) is 6. The van der Waals surface area contributed by atoms with Gasteiger partial charge < -0.3 is 10.5 Å². The Labute approximate surface area is 161 Å². The Morgan fingerprint density at radius 2 is 1.57 bits per heavy atom. The fraction of sp³-hybridized carbons (Fsp3) is 0.167. The summed E-state index contributed by atoms with van der Waals surface area (Å²) < 4.78 is 32.2. The molecule has 2 aromatic carbocycles. The smallest absolute Gasteiger partial charge is 0.338 e. The Morgan fingerprint density at radius 3 is 2.11 bits per heavy atom. The molecule has 0 aliphatic carbocycles. The molecule has 0 radical (unpaired) electrons. The van der Waals surface area contributed by atoms with Gasteiger partial charge in [0.1, 0.15) is 0 Å². The quantitative estimate of drug-likeness (QED) is 0.622. The standard InChI is InChI=1S/C18H19N3O6S/c1-11-3-7-14(8-4-11)21-28(25,26)15-9-5-13(6-10-15)17(23)27-12(2)16(22)20-18(19)24/h3-10,12,21H,1-2H3,(H3,19,20,22,24)/t12-/m0/s1. The lowest BCUT2D eigenvalue weighted by molar-refractivity contribution is -0.127. The molecule has 0 fully saturated rings. The molecule has 148 valence electrons. The first-order valence-corrected chi connectivity index (χ1v) is 9.57. The van der Waals surface area contributed by atoms with E-state index in [0.29, 0.717) is 5.69 Å². The summed E-state index contributed by atoms with van der Waals surface area (Å²) in [6.07, 6.45) is -1.26. The fourth-order valence-electron chi connectivity index (χ4n) is 2.11. The van der Waals surface area contributed by atoms with Gasteiger partial charge >= 0.3 is 12.0 Å². The van der Waals surface area contributed by atoms with Crippen molar-refractivity contribution in [1.29, 1.82) is 0 Å². The van der Waals surface area contributed by atoms with E-state index in [1.54, 1.807) is 29.6 Å². The zero-order valence-corrected chi connectivity index (χ0v) is 15.9. The molecule has 9 nitrogen and oxygen atoms in total. The number of primary amides is 1. The Balaban J connectivity index is 2.07. The zero-order chi connectivity index (χ0) is 20.9. The number of carbonyl (C=O) groups is 3. The molecule has 0 spiro atoms. The molecular formula is C18H19N3O6S. The third kappa shape index (κ3) is 5.55. The van der Waals surface area contributed by atoms with Gasteiger partial charge in [0.2, 0.25) is 0 Å². The third-order valence-corrected chi connectivity index (χ3v) is 5.00. The molecule has 28 heavy (non-hydrogen) atoms. The minimum atomic E-state index is -3.84. The Morgan fingerprint density at radius 1 is 1.00 bits per heavy atom. The van der Waals surface area contributed by atoms with Crippen molar-refractivity contribution in [1.82, 2.24) is 5.32 Å². The van der Waals surface area contributed by atoms with E-state index in [1.165, 1.54) is 31.2 Å². The van der Waals surface area contributed by atoms with Crippen LogP contribution in [0.4, 0.5) is 10.5 Å². The Kier molecular flexibility index (Phi) is 6.37. The number of amides is 3. The molecule has 10 heteroatoms. The molecule has 4 N–H and O–H groups in total. The van der Waals surface area contributed by atoms with Gasteiger partial charge in [0.25, 0.3) is 15.9 Å². The normalized spacial score (nSPS) is 11.9. The van der Waals surface area contributed by atoms with Gasteiger partial charge in [0.15, 0.2) is 6.10 Å². The third-order valence-electron chi connectivity index (χ3n) is 3.60. The van der Waals surface area contributed by atoms with E-state index in [0.717, 1.165) is 5.56 Å². The summed E-state index contributed by atoms with van der Waals surface area (Å²) >= 11 is 0. The first-order valence-electron chi connectivity index (χ1n) is 8.09. The maximum Gasteiger partial charge on any atom is 0.338 e. The summed E-state index contributed by atoms with van der Waals surface area (Å²) in [6.45, 7) is 3.15. The highest BCUT2D eigenvalue weighted by Gasteiger charge is 2.21. The van der Waals surface area contributed by atoms with E-state index >= 15 is 0 Å². The number of benzene rings is 2. The number of imide groups is 1. The van der Waals surface area contributed by atoms with E-state index in [1.807, 2.05) is 6.92 Å². The Bertz CT molecular complexity index is 985. The molecule has 0 bridgehead atoms. The predicted octanol–water partition coefficient (Wildman–Crippen LogP) is 1.54. The highest BCUT2D eigenvalue weighted by molar-refractivity contribution is 7.92. The maximum absolute atomic E-state index is 12.4. The molecule has 0 heterocycles. The number of rotatable bonds is 6. The second-order valence-corrected chi connectivity index (χ2v) is 7.58. The van der Waals surface area contributed by atoms with E-state index < -0.39 is 34.0 Å². The summed E-state index contributed by atoms with van der Waals surface area (Å²) in [5.41, 5.74) is 6.25.